The Morgan fingerprint density at radius 1 is 1.43 bits per heavy atom. The van der Waals surface area contributed by atoms with Crippen LogP contribution in [0.25, 0.3) is 0 Å². The van der Waals surface area contributed by atoms with Crippen LogP contribution in [-0.4, -0.2) is 17.3 Å². The van der Waals surface area contributed by atoms with Crippen LogP contribution < -0.4 is 4.74 Å². The van der Waals surface area contributed by atoms with Gasteiger partial charge in [0, 0.05) is 18.9 Å². The van der Waals surface area contributed by atoms with Gasteiger partial charge in [-0.25, -0.2) is 4.39 Å². The molecule has 1 aromatic carbocycles. The summed E-state index contributed by atoms with van der Waals surface area (Å²) >= 11 is 0. The lowest BCUT2D eigenvalue weighted by molar-refractivity contribution is -0.0108. The molecule has 1 fully saturated rings. The SMILES string of the molecule is Cc1ccc(OC2CC(O)C2)cc1F. The Morgan fingerprint density at radius 2 is 2.14 bits per heavy atom. The molecule has 1 N–H and O–H groups in total. The maximum atomic E-state index is 13.1. The van der Waals surface area contributed by atoms with Crippen LogP contribution in [0.1, 0.15) is 18.4 Å². The summed E-state index contributed by atoms with van der Waals surface area (Å²) in [6.07, 6.45) is 1.10. The highest BCUT2D eigenvalue weighted by molar-refractivity contribution is 5.28. The van der Waals surface area contributed by atoms with Crippen molar-refractivity contribution in [1.29, 1.82) is 0 Å². The van der Waals surface area contributed by atoms with Crippen LogP contribution in [-0.2, 0) is 0 Å². The number of aliphatic hydroxyl groups is 1. The number of hydrogen-bond donors (Lipinski definition) is 1. The van der Waals surface area contributed by atoms with Gasteiger partial charge in [-0.2, -0.15) is 0 Å². The summed E-state index contributed by atoms with van der Waals surface area (Å²) in [5.41, 5.74) is 0.617. The van der Waals surface area contributed by atoms with Crippen LogP contribution in [0.4, 0.5) is 4.39 Å². The summed E-state index contributed by atoms with van der Waals surface area (Å²) in [5, 5.41) is 9.04. The van der Waals surface area contributed by atoms with Gasteiger partial charge in [-0.15, -0.1) is 0 Å². The molecule has 0 aromatic heterocycles. The normalized spacial score (nSPS) is 25.6. The second kappa shape index (κ2) is 3.58. The fraction of sp³-hybridized carbons (Fsp3) is 0.455. The van der Waals surface area contributed by atoms with Crippen molar-refractivity contribution in [2.75, 3.05) is 0 Å². The molecule has 14 heavy (non-hydrogen) atoms. The number of aliphatic hydroxyl groups excluding tert-OH is 1. The van der Waals surface area contributed by atoms with Crippen molar-refractivity contribution >= 4 is 0 Å². The molecule has 2 rings (SSSR count). The first-order valence-corrected chi connectivity index (χ1v) is 4.76. The maximum Gasteiger partial charge on any atom is 0.129 e. The van der Waals surface area contributed by atoms with E-state index >= 15 is 0 Å². The predicted molar refractivity (Wildman–Crippen MR) is 50.8 cm³/mol. The van der Waals surface area contributed by atoms with E-state index in [4.69, 9.17) is 9.84 Å². The fourth-order valence-electron chi connectivity index (χ4n) is 1.47. The third-order valence-corrected chi connectivity index (χ3v) is 2.52. The molecule has 0 unspecified atom stereocenters. The molecule has 0 amide bonds. The zero-order chi connectivity index (χ0) is 10.1. The van der Waals surface area contributed by atoms with Crippen molar-refractivity contribution in [3.8, 4) is 5.75 Å². The maximum absolute atomic E-state index is 13.1. The first kappa shape index (κ1) is 9.46. The summed E-state index contributed by atoms with van der Waals surface area (Å²) < 4.78 is 18.6. The van der Waals surface area contributed by atoms with Gasteiger partial charge >= 0.3 is 0 Å². The third kappa shape index (κ3) is 1.87. The van der Waals surface area contributed by atoms with E-state index in [0.717, 1.165) is 0 Å². The quantitative estimate of drug-likeness (QED) is 0.784. The Hall–Kier alpha value is -1.09. The van der Waals surface area contributed by atoms with E-state index in [1.807, 2.05) is 0 Å². The molecule has 1 aliphatic carbocycles. The minimum atomic E-state index is -0.248. The number of aryl methyl sites for hydroxylation is 1. The Morgan fingerprint density at radius 3 is 2.71 bits per heavy atom. The molecule has 0 saturated heterocycles. The van der Waals surface area contributed by atoms with Gasteiger partial charge in [-0.05, 0) is 18.6 Å². The molecular formula is C11H13FO2. The molecule has 0 aliphatic heterocycles. The summed E-state index contributed by atoms with van der Waals surface area (Å²) in [6.45, 7) is 1.71. The van der Waals surface area contributed by atoms with Gasteiger partial charge in [-0.1, -0.05) is 6.07 Å². The van der Waals surface area contributed by atoms with Crippen LogP contribution in [0.2, 0.25) is 0 Å². The topological polar surface area (TPSA) is 29.5 Å². The minimum absolute atomic E-state index is 0.0482. The third-order valence-electron chi connectivity index (χ3n) is 2.52. The van der Waals surface area contributed by atoms with Crippen LogP contribution in [0.5, 0.6) is 5.75 Å². The Bertz CT molecular complexity index is 332. The summed E-state index contributed by atoms with van der Waals surface area (Å²) in [4.78, 5) is 0. The molecule has 3 heteroatoms. The average Bonchev–Trinajstić information content (AvgIpc) is 2.09. The van der Waals surface area contributed by atoms with Crippen LogP contribution in [0, 0.1) is 12.7 Å². The van der Waals surface area contributed by atoms with Crippen LogP contribution >= 0.6 is 0 Å². The minimum Gasteiger partial charge on any atom is -0.490 e. The second-order valence-electron chi connectivity index (χ2n) is 3.78. The van der Waals surface area contributed by atoms with E-state index < -0.39 is 0 Å². The van der Waals surface area contributed by atoms with Crippen LogP contribution in [0.3, 0.4) is 0 Å². The van der Waals surface area contributed by atoms with Crippen molar-refractivity contribution in [3.63, 3.8) is 0 Å². The number of ether oxygens (including phenoxy) is 1. The van der Waals surface area contributed by atoms with Gasteiger partial charge in [0.2, 0.25) is 0 Å². The average molecular weight is 196 g/mol. The zero-order valence-corrected chi connectivity index (χ0v) is 8.03. The number of rotatable bonds is 2. The van der Waals surface area contributed by atoms with Gasteiger partial charge in [0.25, 0.3) is 0 Å². The van der Waals surface area contributed by atoms with E-state index in [1.165, 1.54) is 6.07 Å². The molecule has 0 radical (unpaired) electrons. The van der Waals surface area contributed by atoms with E-state index in [-0.39, 0.29) is 18.0 Å². The van der Waals surface area contributed by atoms with E-state index in [2.05, 4.69) is 0 Å². The first-order chi connectivity index (χ1) is 6.65. The molecule has 0 atom stereocenters. The summed E-state index contributed by atoms with van der Waals surface area (Å²) in [5.74, 6) is 0.298. The lowest BCUT2D eigenvalue weighted by Crippen LogP contribution is -2.37. The van der Waals surface area contributed by atoms with Gasteiger partial charge in [0.15, 0.2) is 0 Å². The summed E-state index contributed by atoms with van der Waals surface area (Å²) in [6, 6.07) is 4.84. The van der Waals surface area contributed by atoms with Gasteiger partial charge in [0.05, 0.1) is 6.10 Å². The second-order valence-corrected chi connectivity index (χ2v) is 3.78. The van der Waals surface area contributed by atoms with E-state index in [1.54, 1.807) is 19.1 Å². The van der Waals surface area contributed by atoms with Gasteiger partial charge < -0.3 is 9.84 Å². The van der Waals surface area contributed by atoms with Crippen molar-refractivity contribution < 1.29 is 14.2 Å². The smallest absolute Gasteiger partial charge is 0.129 e. The molecule has 0 heterocycles. The van der Waals surface area contributed by atoms with Crippen LogP contribution in [0.15, 0.2) is 18.2 Å². The molecular weight excluding hydrogens is 183 g/mol. The van der Waals surface area contributed by atoms with Crippen molar-refractivity contribution in [1.82, 2.24) is 0 Å². The first-order valence-electron chi connectivity index (χ1n) is 4.76. The summed E-state index contributed by atoms with van der Waals surface area (Å²) in [7, 11) is 0. The van der Waals surface area contributed by atoms with Crippen molar-refractivity contribution in [2.45, 2.75) is 32.0 Å². The molecule has 0 bridgehead atoms. The fourth-order valence-corrected chi connectivity index (χ4v) is 1.47. The molecule has 1 saturated carbocycles. The van der Waals surface area contributed by atoms with Gasteiger partial charge in [-0.3, -0.25) is 0 Å². The standard InChI is InChI=1S/C11H13FO2/c1-7-2-3-9(6-11(7)12)14-10-4-8(13)5-10/h2-3,6,8,10,13H,4-5H2,1H3. The lowest BCUT2D eigenvalue weighted by atomic mass is 9.92. The zero-order valence-electron chi connectivity index (χ0n) is 8.03. The number of halogens is 1. The Labute approximate surface area is 82.3 Å². The van der Waals surface area contributed by atoms with E-state index in [9.17, 15) is 4.39 Å². The molecule has 76 valence electrons. The van der Waals surface area contributed by atoms with Gasteiger partial charge in [0.1, 0.15) is 17.7 Å². The van der Waals surface area contributed by atoms with E-state index in [0.29, 0.717) is 24.2 Å². The highest BCUT2D eigenvalue weighted by Gasteiger charge is 2.28. The highest BCUT2D eigenvalue weighted by Crippen LogP contribution is 2.26. The Balaban J connectivity index is 2.00. The largest absolute Gasteiger partial charge is 0.490 e. The predicted octanol–water partition coefficient (Wildman–Crippen LogP) is 2.04. The highest BCUT2D eigenvalue weighted by atomic mass is 19.1. The molecule has 2 nitrogen and oxygen atoms in total. The molecule has 1 aliphatic rings. The molecule has 0 spiro atoms. The van der Waals surface area contributed by atoms with Crippen molar-refractivity contribution in [3.05, 3.63) is 29.6 Å². The number of hydrogen-bond acceptors (Lipinski definition) is 2. The monoisotopic (exact) mass is 196 g/mol. The van der Waals surface area contributed by atoms with Crippen molar-refractivity contribution in [2.24, 2.45) is 0 Å². The molecule has 1 aromatic rings. The lowest BCUT2D eigenvalue weighted by Gasteiger charge is -2.31. The Kier molecular flexibility index (Phi) is 2.42. The number of benzene rings is 1.